The first-order valence-electron chi connectivity index (χ1n) is 3.73. The molecule has 6 nitrogen and oxygen atoms in total. The van der Waals surface area contributed by atoms with E-state index in [0.29, 0.717) is 0 Å². The van der Waals surface area contributed by atoms with Crippen molar-refractivity contribution in [1.29, 1.82) is 0 Å². The summed E-state index contributed by atoms with van der Waals surface area (Å²) in [6.07, 6.45) is 0. The largest absolute Gasteiger partial charge is 0.282 e. The van der Waals surface area contributed by atoms with Crippen LogP contribution < -0.4 is 5.48 Å². The number of para-hydroxylation sites is 1. The Morgan fingerprint density at radius 1 is 1.50 bits per heavy atom. The summed E-state index contributed by atoms with van der Waals surface area (Å²) in [5.41, 5.74) is 1.74. The fourth-order valence-corrected chi connectivity index (χ4v) is 0.973. The van der Waals surface area contributed by atoms with Crippen LogP contribution in [0.5, 0.6) is 0 Å². The summed E-state index contributed by atoms with van der Waals surface area (Å²) in [4.78, 5) is 25.5. The molecule has 14 heavy (non-hydrogen) atoms. The van der Waals surface area contributed by atoms with Crippen molar-refractivity contribution in [2.45, 2.75) is 0 Å². The monoisotopic (exact) mass is 196 g/mol. The Morgan fingerprint density at radius 3 is 2.71 bits per heavy atom. The number of hydroxylamine groups is 1. The van der Waals surface area contributed by atoms with Crippen molar-refractivity contribution in [2.24, 2.45) is 0 Å². The number of rotatable bonds is 3. The summed E-state index contributed by atoms with van der Waals surface area (Å²) in [7, 11) is 1.26. The Balaban J connectivity index is 3.07. The second-order valence-corrected chi connectivity index (χ2v) is 2.41. The molecule has 74 valence electrons. The van der Waals surface area contributed by atoms with E-state index in [1.165, 1.54) is 31.4 Å². The third-order valence-corrected chi connectivity index (χ3v) is 1.54. The summed E-state index contributed by atoms with van der Waals surface area (Å²) in [6.45, 7) is 0. The summed E-state index contributed by atoms with van der Waals surface area (Å²) in [5.74, 6) is -0.639. The Labute approximate surface area is 79.6 Å². The van der Waals surface area contributed by atoms with Gasteiger partial charge in [-0.15, -0.1) is 0 Å². The van der Waals surface area contributed by atoms with E-state index >= 15 is 0 Å². The zero-order valence-electron chi connectivity index (χ0n) is 7.39. The van der Waals surface area contributed by atoms with Gasteiger partial charge in [-0.25, -0.2) is 5.48 Å². The van der Waals surface area contributed by atoms with Gasteiger partial charge in [0.25, 0.3) is 11.6 Å². The molecule has 0 saturated carbocycles. The third-order valence-electron chi connectivity index (χ3n) is 1.54. The highest BCUT2D eigenvalue weighted by Gasteiger charge is 2.18. The zero-order valence-corrected chi connectivity index (χ0v) is 7.39. The normalized spacial score (nSPS) is 9.50. The molecule has 0 bridgehead atoms. The number of nitrogens with one attached hydrogen (secondary N) is 1. The van der Waals surface area contributed by atoms with Crippen molar-refractivity contribution < 1.29 is 14.6 Å². The molecule has 1 N–H and O–H groups in total. The average molecular weight is 196 g/mol. The van der Waals surface area contributed by atoms with Crippen LogP contribution in [-0.2, 0) is 4.84 Å². The molecule has 0 heterocycles. The van der Waals surface area contributed by atoms with Gasteiger partial charge in [0.15, 0.2) is 0 Å². The fourth-order valence-electron chi connectivity index (χ4n) is 0.973. The Morgan fingerprint density at radius 2 is 2.14 bits per heavy atom. The van der Waals surface area contributed by atoms with Crippen LogP contribution in [0.1, 0.15) is 10.4 Å². The average Bonchev–Trinajstić information content (AvgIpc) is 2.18. The van der Waals surface area contributed by atoms with Crippen LogP contribution in [0.2, 0.25) is 0 Å². The summed E-state index contributed by atoms with van der Waals surface area (Å²) < 4.78 is 0. The molecule has 0 aromatic heterocycles. The maximum atomic E-state index is 11.2. The Hall–Kier alpha value is -1.95. The molecule has 0 aliphatic heterocycles. The zero-order chi connectivity index (χ0) is 10.6. The van der Waals surface area contributed by atoms with E-state index in [-0.39, 0.29) is 11.3 Å². The molecule has 0 atom stereocenters. The maximum absolute atomic E-state index is 11.2. The predicted octanol–water partition coefficient (Wildman–Crippen LogP) is 0.886. The molecular formula is C8H8N2O4. The summed E-state index contributed by atoms with van der Waals surface area (Å²) in [5, 5.41) is 10.5. The van der Waals surface area contributed by atoms with E-state index < -0.39 is 10.8 Å². The smallest absolute Gasteiger partial charge is 0.277 e. The molecule has 0 aliphatic rings. The van der Waals surface area contributed by atoms with E-state index in [1.807, 2.05) is 5.48 Å². The predicted molar refractivity (Wildman–Crippen MR) is 47.6 cm³/mol. The minimum Gasteiger partial charge on any atom is -0.277 e. The van der Waals surface area contributed by atoms with Crippen LogP contribution >= 0.6 is 0 Å². The minimum atomic E-state index is -0.639. The molecule has 0 fully saturated rings. The van der Waals surface area contributed by atoms with Crippen molar-refractivity contribution in [1.82, 2.24) is 5.48 Å². The molecule has 6 heteroatoms. The molecule has 0 aliphatic carbocycles. The number of amides is 1. The number of nitrogens with zero attached hydrogens (tertiary/aromatic N) is 1. The highest BCUT2D eigenvalue weighted by Crippen LogP contribution is 2.16. The molecular weight excluding hydrogens is 188 g/mol. The topological polar surface area (TPSA) is 81.5 Å². The van der Waals surface area contributed by atoms with E-state index in [1.54, 1.807) is 0 Å². The lowest BCUT2D eigenvalue weighted by Crippen LogP contribution is -2.22. The first-order chi connectivity index (χ1) is 6.66. The number of nitro groups is 1. The molecule has 1 aromatic rings. The van der Waals surface area contributed by atoms with Crippen molar-refractivity contribution in [3.05, 3.63) is 39.9 Å². The fraction of sp³-hybridized carbons (Fsp3) is 0.125. The lowest BCUT2D eigenvalue weighted by atomic mass is 10.2. The van der Waals surface area contributed by atoms with Gasteiger partial charge in [-0.3, -0.25) is 19.7 Å². The Bertz CT molecular complexity index is 364. The van der Waals surface area contributed by atoms with Crippen molar-refractivity contribution in [2.75, 3.05) is 7.11 Å². The highest BCUT2D eigenvalue weighted by atomic mass is 16.6. The van der Waals surface area contributed by atoms with Gasteiger partial charge >= 0.3 is 0 Å². The van der Waals surface area contributed by atoms with Gasteiger partial charge in [0.1, 0.15) is 5.56 Å². The van der Waals surface area contributed by atoms with Crippen molar-refractivity contribution in [3.8, 4) is 0 Å². The van der Waals surface area contributed by atoms with Gasteiger partial charge in [-0.2, -0.15) is 0 Å². The van der Waals surface area contributed by atoms with Gasteiger partial charge in [0.05, 0.1) is 12.0 Å². The van der Waals surface area contributed by atoms with Crippen molar-refractivity contribution >= 4 is 11.6 Å². The molecule has 1 amide bonds. The van der Waals surface area contributed by atoms with Gasteiger partial charge in [-0.1, -0.05) is 12.1 Å². The molecule has 0 unspecified atom stereocenters. The Kier molecular flexibility index (Phi) is 3.14. The number of hydrogen-bond donors (Lipinski definition) is 1. The standard InChI is InChI=1S/C8H8N2O4/c1-14-9-8(11)6-4-2-3-5-7(6)10(12)13/h2-5H,1H3,(H,9,11). The summed E-state index contributed by atoms with van der Waals surface area (Å²) in [6, 6.07) is 5.64. The second-order valence-electron chi connectivity index (χ2n) is 2.41. The van der Waals surface area contributed by atoms with Gasteiger partial charge in [0.2, 0.25) is 0 Å². The van der Waals surface area contributed by atoms with E-state index in [0.717, 1.165) is 0 Å². The van der Waals surface area contributed by atoms with Gasteiger partial charge in [0, 0.05) is 6.07 Å². The number of hydrogen-bond acceptors (Lipinski definition) is 4. The van der Waals surface area contributed by atoms with Crippen LogP contribution in [0, 0.1) is 10.1 Å². The lowest BCUT2D eigenvalue weighted by molar-refractivity contribution is -0.385. The first kappa shape index (κ1) is 10.1. The second kappa shape index (κ2) is 4.33. The van der Waals surface area contributed by atoms with E-state index in [2.05, 4.69) is 4.84 Å². The van der Waals surface area contributed by atoms with Crippen LogP contribution in [0.4, 0.5) is 5.69 Å². The SMILES string of the molecule is CONC(=O)c1ccccc1[N+](=O)[O-]. The third kappa shape index (κ3) is 2.05. The number of nitro benzene ring substituents is 1. The summed E-state index contributed by atoms with van der Waals surface area (Å²) >= 11 is 0. The number of carbonyl (C=O) groups excluding carboxylic acids is 1. The minimum absolute atomic E-state index is 0.0284. The van der Waals surface area contributed by atoms with Crippen LogP contribution in [0.15, 0.2) is 24.3 Å². The van der Waals surface area contributed by atoms with Crippen LogP contribution in [0.25, 0.3) is 0 Å². The van der Waals surface area contributed by atoms with Gasteiger partial charge in [-0.05, 0) is 6.07 Å². The molecule has 0 saturated heterocycles. The van der Waals surface area contributed by atoms with Crippen LogP contribution in [0.3, 0.4) is 0 Å². The van der Waals surface area contributed by atoms with E-state index in [9.17, 15) is 14.9 Å². The molecule has 1 rings (SSSR count). The van der Waals surface area contributed by atoms with Crippen LogP contribution in [-0.4, -0.2) is 17.9 Å². The highest BCUT2D eigenvalue weighted by molar-refractivity contribution is 5.97. The quantitative estimate of drug-likeness (QED) is 0.574. The van der Waals surface area contributed by atoms with E-state index in [4.69, 9.17) is 0 Å². The lowest BCUT2D eigenvalue weighted by Gasteiger charge is -2.01. The number of benzene rings is 1. The number of carbonyl (C=O) groups is 1. The first-order valence-corrected chi connectivity index (χ1v) is 3.73. The molecule has 0 spiro atoms. The molecule has 1 aromatic carbocycles. The van der Waals surface area contributed by atoms with Gasteiger partial charge < -0.3 is 0 Å². The maximum Gasteiger partial charge on any atom is 0.282 e. The van der Waals surface area contributed by atoms with Crippen molar-refractivity contribution in [3.63, 3.8) is 0 Å². The molecule has 0 radical (unpaired) electrons.